The van der Waals surface area contributed by atoms with E-state index in [2.05, 4.69) is 36.4 Å². The largest absolute Gasteiger partial charge is 0.284 e. The number of carbonyl (C=O) groups excluding carboxylic acids is 1. The molecule has 0 aliphatic carbocycles. The van der Waals surface area contributed by atoms with Gasteiger partial charge in [0, 0.05) is 17.6 Å². The summed E-state index contributed by atoms with van der Waals surface area (Å²) in [5.41, 5.74) is 3.77. The summed E-state index contributed by atoms with van der Waals surface area (Å²) in [7, 11) is 0. The monoisotopic (exact) mass is 258 g/mol. The SMILES string of the molecule is CCC[C@H]1C=CC[C@H](C)N1NC(=O)c1ccccc1. The Bertz CT molecular complexity index is 441. The molecule has 1 N–H and O–H groups in total. The van der Waals surface area contributed by atoms with Crippen LogP contribution in [-0.4, -0.2) is 23.0 Å². The number of rotatable bonds is 4. The normalized spacial score (nSPS) is 23.3. The molecule has 102 valence electrons. The van der Waals surface area contributed by atoms with Crippen LogP contribution in [0.1, 0.15) is 43.5 Å². The molecule has 3 nitrogen and oxygen atoms in total. The molecular weight excluding hydrogens is 236 g/mol. The smallest absolute Gasteiger partial charge is 0.265 e. The topological polar surface area (TPSA) is 32.3 Å². The summed E-state index contributed by atoms with van der Waals surface area (Å²) in [5.74, 6) is -0.0242. The minimum Gasteiger partial charge on any atom is -0.284 e. The van der Waals surface area contributed by atoms with Crippen molar-refractivity contribution in [2.75, 3.05) is 0 Å². The van der Waals surface area contributed by atoms with Gasteiger partial charge in [0.2, 0.25) is 0 Å². The zero-order chi connectivity index (χ0) is 13.7. The van der Waals surface area contributed by atoms with Crippen molar-refractivity contribution in [2.24, 2.45) is 0 Å². The number of benzene rings is 1. The molecule has 1 heterocycles. The fraction of sp³-hybridized carbons (Fsp3) is 0.438. The third kappa shape index (κ3) is 3.44. The minimum absolute atomic E-state index is 0.0242. The fourth-order valence-corrected chi connectivity index (χ4v) is 2.46. The lowest BCUT2D eigenvalue weighted by atomic mass is 10.0. The van der Waals surface area contributed by atoms with Crippen LogP contribution in [0.4, 0.5) is 0 Å². The van der Waals surface area contributed by atoms with E-state index in [0.717, 1.165) is 19.3 Å². The lowest BCUT2D eigenvalue weighted by Crippen LogP contribution is -2.53. The number of nitrogens with one attached hydrogen (secondary N) is 1. The van der Waals surface area contributed by atoms with Crippen molar-refractivity contribution in [3.8, 4) is 0 Å². The van der Waals surface area contributed by atoms with Crippen molar-refractivity contribution in [2.45, 2.75) is 45.2 Å². The van der Waals surface area contributed by atoms with Crippen molar-refractivity contribution in [1.29, 1.82) is 0 Å². The highest BCUT2D eigenvalue weighted by Crippen LogP contribution is 2.18. The van der Waals surface area contributed by atoms with E-state index in [9.17, 15) is 4.79 Å². The van der Waals surface area contributed by atoms with Crippen LogP contribution in [-0.2, 0) is 0 Å². The number of hydrogen-bond donors (Lipinski definition) is 1. The van der Waals surface area contributed by atoms with Crippen LogP contribution in [0, 0.1) is 0 Å². The van der Waals surface area contributed by atoms with Crippen molar-refractivity contribution < 1.29 is 4.79 Å². The molecule has 0 saturated carbocycles. The molecule has 19 heavy (non-hydrogen) atoms. The van der Waals surface area contributed by atoms with E-state index in [0.29, 0.717) is 17.6 Å². The van der Waals surface area contributed by atoms with E-state index in [1.54, 1.807) is 0 Å². The van der Waals surface area contributed by atoms with E-state index >= 15 is 0 Å². The zero-order valence-electron chi connectivity index (χ0n) is 11.7. The van der Waals surface area contributed by atoms with Crippen molar-refractivity contribution >= 4 is 5.91 Å². The Morgan fingerprint density at radius 1 is 1.37 bits per heavy atom. The van der Waals surface area contributed by atoms with Crippen molar-refractivity contribution in [1.82, 2.24) is 10.4 Å². The quantitative estimate of drug-likeness (QED) is 0.841. The lowest BCUT2D eigenvalue weighted by Gasteiger charge is -2.37. The molecule has 1 aliphatic rings. The first-order valence-electron chi connectivity index (χ1n) is 7.03. The number of hydrogen-bond acceptors (Lipinski definition) is 2. The summed E-state index contributed by atoms with van der Waals surface area (Å²) in [5, 5.41) is 2.10. The summed E-state index contributed by atoms with van der Waals surface area (Å²) >= 11 is 0. The van der Waals surface area contributed by atoms with Crippen LogP contribution in [0.2, 0.25) is 0 Å². The van der Waals surface area contributed by atoms with Gasteiger partial charge in [-0.15, -0.1) is 0 Å². The third-order valence-corrected chi connectivity index (χ3v) is 3.52. The number of nitrogens with zero attached hydrogens (tertiary/aromatic N) is 1. The molecule has 0 radical (unpaired) electrons. The van der Waals surface area contributed by atoms with Crippen molar-refractivity contribution in [3.05, 3.63) is 48.0 Å². The van der Waals surface area contributed by atoms with Crippen LogP contribution in [0.3, 0.4) is 0 Å². The highest BCUT2D eigenvalue weighted by atomic mass is 16.2. The predicted molar refractivity (Wildman–Crippen MR) is 77.7 cm³/mol. The second-order valence-electron chi connectivity index (χ2n) is 5.08. The van der Waals surface area contributed by atoms with Crippen LogP contribution in [0.25, 0.3) is 0 Å². The Balaban J connectivity index is 2.07. The summed E-state index contributed by atoms with van der Waals surface area (Å²) in [4.78, 5) is 12.2. The number of carbonyl (C=O) groups is 1. The van der Waals surface area contributed by atoms with Gasteiger partial charge in [-0.25, -0.2) is 5.01 Å². The van der Waals surface area contributed by atoms with Gasteiger partial charge < -0.3 is 0 Å². The van der Waals surface area contributed by atoms with Gasteiger partial charge in [-0.05, 0) is 31.9 Å². The molecule has 0 saturated heterocycles. The average Bonchev–Trinajstić information content (AvgIpc) is 2.44. The Morgan fingerprint density at radius 3 is 2.79 bits per heavy atom. The summed E-state index contributed by atoms with van der Waals surface area (Å²) in [6.45, 7) is 4.32. The van der Waals surface area contributed by atoms with Gasteiger partial charge in [-0.3, -0.25) is 10.2 Å². The van der Waals surface area contributed by atoms with Crippen molar-refractivity contribution in [3.63, 3.8) is 0 Å². The van der Waals surface area contributed by atoms with E-state index < -0.39 is 0 Å². The third-order valence-electron chi connectivity index (χ3n) is 3.52. The molecule has 2 rings (SSSR count). The number of amides is 1. The summed E-state index contributed by atoms with van der Waals surface area (Å²) in [6, 6.07) is 10.0. The van der Waals surface area contributed by atoms with Gasteiger partial charge in [-0.2, -0.15) is 0 Å². The zero-order valence-corrected chi connectivity index (χ0v) is 11.7. The van der Waals surface area contributed by atoms with Gasteiger partial charge >= 0.3 is 0 Å². The van der Waals surface area contributed by atoms with Gasteiger partial charge in [-0.1, -0.05) is 43.7 Å². The molecule has 3 heteroatoms. The first-order chi connectivity index (χ1) is 9.22. The van der Waals surface area contributed by atoms with Gasteiger partial charge in [0.25, 0.3) is 5.91 Å². The maximum absolute atomic E-state index is 12.2. The molecule has 0 spiro atoms. The number of hydrazine groups is 1. The van der Waals surface area contributed by atoms with Gasteiger partial charge in [0.05, 0.1) is 0 Å². The second-order valence-corrected chi connectivity index (χ2v) is 5.08. The maximum Gasteiger partial charge on any atom is 0.265 e. The van der Waals surface area contributed by atoms with Gasteiger partial charge in [0.15, 0.2) is 0 Å². The minimum atomic E-state index is -0.0242. The first kappa shape index (κ1) is 13.8. The Kier molecular flexibility index (Phi) is 4.74. The van der Waals surface area contributed by atoms with E-state index in [1.807, 2.05) is 30.3 Å². The summed E-state index contributed by atoms with van der Waals surface area (Å²) in [6.07, 6.45) is 7.58. The molecule has 2 atom stereocenters. The van der Waals surface area contributed by atoms with Crippen LogP contribution in [0.15, 0.2) is 42.5 Å². The maximum atomic E-state index is 12.2. The first-order valence-corrected chi connectivity index (χ1v) is 7.03. The van der Waals surface area contributed by atoms with E-state index in [1.165, 1.54) is 0 Å². The fourth-order valence-electron chi connectivity index (χ4n) is 2.46. The molecule has 1 aromatic rings. The second kappa shape index (κ2) is 6.53. The molecule has 0 fully saturated rings. The van der Waals surface area contributed by atoms with E-state index in [-0.39, 0.29) is 5.91 Å². The molecule has 1 aliphatic heterocycles. The molecule has 0 unspecified atom stereocenters. The molecule has 0 aromatic heterocycles. The molecule has 1 aromatic carbocycles. The Hall–Kier alpha value is -1.61. The standard InChI is InChI=1S/C16H22N2O/c1-3-8-15-12-7-9-13(2)18(15)17-16(19)14-10-5-4-6-11-14/h4-7,10-13,15H,3,8-9H2,1-2H3,(H,17,19)/t13-,15-/m0/s1. The van der Waals surface area contributed by atoms with Crippen LogP contribution in [0.5, 0.6) is 0 Å². The van der Waals surface area contributed by atoms with E-state index in [4.69, 9.17) is 0 Å². The Morgan fingerprint density at radius 2 is 2.11 bits per heavy atom. The van der Waals surface area contributed by atoms with Gasteiger partial charge in [0.1, 0.15) is 0 Å². The average molecular weight is 258 g/mol. The Labute approximate surface area is 115 Å². The highest BCUT2D eigenvalue weighted by molar-refractivity contribution is 5.93. The summed E-state index contributed by atoms with van der Waals surface area (Å²) < 4.78 is 0. The van der Waals surface area contributed by atoms with Crippen LogP contribution < -0.4 is 5.43 Å². The molecule has 1 amide bonds. The lowest BCUT2D eigenvalue weighted by molar-refractivity contribution is 0.0569. The molecular formula is C16H22N2O. The highest BCUT2D eigenvalue weighted by Gasteiger charge is 2.25. The molecule has 0 bridgehead atoms. The predicted octanol–water partition coefficient (Wildman–Crippen LogP) is 3.15. The van der Waals surface area contributed by atoms with Crippen LogP contribution >= 0.6 is 0 Å².